The molecule has 238 valence electrons. The fourth-order valence-electron chi connectivity index (χ4n) is 7.13. The SMILES string of the molecule is c1ccc2cc(-c3ccc(-c4nc(-c5ccc(-c6cccc7c6oc6ccccc67)cc5)nc(-c5cccc6ccccc56)n4)cc3)ccc2c1. The average Bonchev–Trinajstić information content (AvgIpc) is 3.59. The first-order valence-electron chi connectivity index (χ1n) is 17.1. The molecular formula is C47H29N3O. The third-order valence-electron chi connectivity index (χ3n) is 9.75. The molecule has 2 heterocycles. The number of para-hydroxylation sites is 2. The molecule has 2 aromatic heterocycles. The van der Waals surface area contributed by atoms with Crippen LogP contribution < -0.4 is 0 Å². The molecular weight excluding hydrogens is 623 g/mol. The third kappa shape index (κ3) is 5.13. The molecule has 0 amide bonds. The van der Waals surface area contributed by atoms with Gasteiger partial charge < -0.3 is 4.42 Å². The minimum absolute atomic E-state index is 0.620. The number of furan rings is 1. The first-order valence-corrected chi connectivity index (χ1v) is 17.1. The van der Waals surface area contributed by atoms with E-state index < -0.39 is 0 Å². The maximum absolute atomic E-state index is 6.34. The van der Waals surface area contributed by atoms with E-state index >= 15 is 0 Å². The van der Waals surface area contributed by atoms with Crippen LogP contribution >= 0.6 is 0 Å². The first-order chi connectivity index (χ1) is 25.2. The van der Waals surface area contributed by atoms with Gasteiger partial charge in [0.15, 0.2) is 17.5 Å². The van der Waals surface area contributed by atoms with Crippen molar-refractivity contribution >= 4 is 43.5 Å². The fourth-order valence-corrected chi connectivity index (χ4v) is 7.13. The van der Waals surface area contributed by atoms with Crippen LogP contribution in [0.3, 0.4) is 0 Å². The molecule has 0 fully saturated rings. The third-order valence-corrected chi connectivity index (χ3v) is 9.75. The lowest BCUT2D eigenvalue weighted by molar-refractivity contribution is 0.670. The van der Waals surface area contributed by atoms with Gasteiger partial charge in [0.1, 0.15) is 11.2 Å². The molecule has 0 aliphatic carbocycles. The van der Waals surface area contributed by atoms with Crippen LogP contribution in [0.15, 0.2) is 180 Å². The Morgan fingerprint density at radius 3 is 1.63 bits per heavy atom. The van der Waals surface area contributed by atoms with Gasteiger partial charge in [0.2, 0.25) is 0 Å². The van der Waals surface area contributed by atoms with E-state index in [4.69, 9.17) is 19.4 Å². The molecule has 0 radical (unpaired) electrons. The second-order valence-corrected chi connectivity index (χ2v) is 12.8. The van der Waals surface area contributed by atoms with Crippen molar-refractivity contribution in [3.63, 3.8) is 0 Å². The fraction of sp³-hybridized carbons (Fsp3) is 0. The second-order valence-electron chi connectivity index (χ2n) is 12.8. The van der Waals surface area contributed by atoms with E-state index in [1.165, 1.54) is 16.3 Å². The zero-order valence-electron chi connectivity index (χ0n) is 27.5. The van der Waals surface area contributed by atoms with Gasteiger partial charge in [-0.05, 0) is 50.4 Å². The van der Waals surface area contributed by atoms with E-state index in [-0.39, 0.29) is 0 Å². The number of rotatable bonds is 5. The molecule has 0 bridgehead atoms. The average molecular weight is 652 g/mol. The number of benzene rings is 8. The molecule has 0 aliphatic rings. The molecule has 0 N–H and O–H groups in total. The molecule has 8 aromatic carbocycles. The summed E-state index contributed by atoms with van der Waals surface area (Å²) >= 11 is 0. The van der Waals surface area contributed by atoms with Gasteiger partial charge in [-0.2, -0.15) is 0 Å². The van der Waals surface area contributed by atoms with Crippen LogP contribution in [0.1, 0.15) is 0 Å². The highest BCUT2D eigenvalue weighted by Gasteiger charge is 2.16. The van der Waals surface area contributed by atoms with E-state index in [1.807, 2.05) is 18.2 Å². The predicted molar refractivity (Wildman–Crippen MR) is 209 cm³/mol. The Hall–Kier alpha value is -6.91. The van der Waals surface area contributed by atoms with Gasteiger partial charge in [-0.1, -0.05) is 164 Å². The summed E-state index contributed by atoms with van der Waals surface area (Å²) in [5, 5.41) is 6.93. The van der Waals surface area contributed by atoms with Crippen LogP contribution in [0.4, 0.5) is 0 Å². The normalized spacial score (nSPS) is 11.5. The molecule has 4 heteroatoms. The molecule has 4 nitrogen and oxygen atoms in total. The summed E-state index contributed by atoms with van der Waals surface area (Å²) in [4.78, 5) is 15.2. The second kappa shape index (κ2) is 11.9. The van der Waals surface area contributed by atoms with Crippen molar-refractivity contribution in [2.45, 2.75) is 0 Å². The molecule has 51 heavy (non-hydrogen) atoms. The first kappa shape index (κ1) is 29.0. The quantitative estimate of drug-likeness (QED) is 0.186. The summed E-state index contributed by atoms with van der Waals surface area (Å²) in [6.07, 6.45) is 0. The Kier molecular flexibility index (Phi) is 6.78. The van der Waals surface area contributed by atoms with E-state index in [2.05, 4.69) is 158 Å². The van der Waals surface area contributed by atoms with Crippen molar-refractivity contribution in [2.24, 2.45) is 0 Å². The summed E-state index contributed by atoms with van der Waals surface area (Å²) in [7, 11) is 0. The maximum atomic E-state index is 6.34. The van der Waals surface area contributed by atoms with E-state index in [9.17, 15) is 0 Å². The zero-order chi connectivity index (χ0) is 33.7. The number of fused-ring (bicyclic) bond motifs is 5. The van der Waals surface area contributed by atoms with Gasteiger partial charge in [-0.15, -0.1) is 0 Å². The summed E-state index contributed by atoms with van der Waals surface area (Å²) in [5.74, 6) is 1.89. The lowest BCUT2D eigenvalue weighted by atomic mass is 10.00. The van der Waals surface area contributed by atoms with Crippen molar-refractivity contribution in [2.75, 3.05) is 0 Å². The Morgan fingerprint density at radius 1 is 0.314 bits per heavy atom. The largest absolute Gasteiger partial charge is 0.455 e. The predicted octanol–water partition coefficient (Wildman–Crippen LogP) is 12.4. The van der Waals surface area contributed by atoms with Crippen molar-refractivity contribution in [1.29, 1.82) is 0 Å². The minimum Gasteiger partial charge on any atom is -0.455 e. The summed E-state index contributed by atoms with van der Waals surface area (Å²) in [6, 6.07) is 61.1. The smallest absolute Gasteiger partial charge is 0.164 e. The number of hydrogen-bond acceptors (Lipinski definition) is 4. The molecule has 10 aromatic rings. The van der Waals surface area contributed by atoms with Gasteiger partial charge >= 0.3 is 0 Å². The van der Waals surface area contributed by atoms with Crippen LogP contribution in [0.2, 0.25) is 0 Å². The molecule has 0 unspecified atom stereocenters. The van der Waals surface area contributed by atoms with Crippen molar-refractivity contribution in [3.8, 4) is 56.4 Å². The highest BCUT2D eigenvalue weighted by atomic mass is 16.3. The Labute approximate surface area is 294 Å². The van der Waals surface area contributed by atoms with Crippen LogP contribution in [0, 0.1) is 0 Å². The molecule has 0 saturated heterocycles. The molecule has 10 rings (SSSR count). The lowest BCUT2D eigenvalue weighted by Crippen LogP contribution is -2.00. The van der Waals surface area contributed by atoms with Gasteiger partial charge in [-0.3, -0.25) is 0 Å². The number of aromatic nitrogens is 3. The van der Waals surface area contributed by atoms with Gasteiger partial charge in [0, 0.05) is 33.0 Å². The van der Waals surface area contributed by atoms with Crippen LogP contribution in [0.5, 0.6) is 0 Å². The standard InChI is InChI=1S/C47H29N3O/c1-2-11-36-29-37(28-21-30(36)9-1)31-19-24-34(25-20-31)45-48-46(50-47(49-45)42-17-7-12-32-10-3-4-13-38(32)42)35-26-22-33(23-27-35)39-15-8-16-41-40-14-5-6-18-43(40)51-44(39)41/h1-29H. The number of hydrogen-bond donors (Lipinski definition) is 0. The molecule has 0 spiro atoms. The van der Waals surface area contributed by atoms with Gasteiger partial charge in [0.25, 0.3) is 0 Å². The molecule has 0 aliphatic heterocycles. The van der Waals surface area contributed by atoms with Crippen molar-refractivity contribution in [1.82, 2.24) is 15.0 Å². The summed E-state index contributed by atoms with van der Waals surface area (Å²) < 4.78 is 6.34. The Balaban J connectivity index is 1.07. The topological polar surface area (TPSA) is 51.8 Å². The van der Waals surface area contributed by atoms with Crippen LogP contribution in [-0.2, 0) is 0 Å². The highest BCUT2D eigenvalue weighted by Crippen LogP contribution is 2.37. The van der Waals surface area contributed by atoms with Crippen LogP contribution in [-0.4, -0.2) is 15.0 Å². The molecule has 0 saturated carbocycles. The van der Waals surface area contributed by atoms with Gasteiger partial charge in [-0.25, -0.2) is 15.0 Å². The van der Waals surface area contributed by atoms with E-state index in [0.717, 1.165) is 66.1 Å². The maximum Gasteiger partial charge on any atom is 0.164 e. The van der Waals surface area contributed by atoms with Crippen molar-refractivity contribution < 1.29 is 4.42 Å². The monoisotopic (exact) mass is 651 g/mol. The van der Waals surface area contributed by atoms with Gasteiger partial charge in [0.05, 0.1) is 0 Å². The van der Waals surface area contributed by atoms with E-state index in [0.29, 0.717) is 17.5 Å². The summed E-state index contributed by atoms with van der Waals surface area (Å²) in [5.41, 5.74) is 9.02. The summed E-state index contributed by atoms with van der Waals surface area (Å²) in [6.45, 7) is 0. The van der Waals surface area contributed by atoms with Crippen LogP contribution in [0.25, 0.3) is 99.9 Å². The zero-order valence-corrected chi connectivity index (χ0v) is 27.5. The number of nitrogens with zero attached hydrogens (tertiary/aromatic N) is 3. The minimum atomic E-state index is 0.620. The van der Waals surface area contributed by atoms with Crippen molar-refractivity contribution in [3.05, 3.63) is 176 Å². The highest BCUT2D eigenvalue weighted by molar-refractivity contribution is 6.09. The molecule has 0 atom stereocenters. The van der Waals surface area contributed by atoms with E-state index in [1.54, 1.807) is 0 Å². The Morgan fingerprint density at radius 2 is 0.843 bits per heavy atom. The lowest BCUT2D eigenvalue weighted by Gasteiger charge is -2.11. The Bertz CT molecular complexity index is 2900.